The number of piperidine rings is 1. The molecule has 0 saturated carbocycles. The lowest BCUT2D eigenvalue weighted by Crippen LogP contribution is -2.42. The van der Waals surface area contributed by atoms with E-state index in [-0.39, 0.29) is 23.3 Å². The molecule has 3 aromatic heterocycles. The normalized spacial score (nSPS) is 18.0. The Morgan fingerprint density at radius 2 is 2.17 bits per heavy atom. The highest BCUT2D eigenvalue weighted by Crippen LogP contribution is 2.32. The standard InChI is InChI=1S/C15H15N5O2S2/c21-13-10(9-17-15-20(13)6-8-24-15)18-14(22)19-5-2-1-3-11(19)12-16-4-7-23-12/h4,6-9,11H,1-3,5H2,(H,18,22)/t11-/m0/s1. The maximum Gasteiger partial charge on any atom is 0.322 e. The highest BCUT2D eigenvalue weighted by atomic mass is 32.1. The van der Waals surface area contributed by atoms with E-state index in [1.807, 2.05) is 5.38 Å². The zero-order chi connectivity index (χ0) is 16.5. The largest absolute Gasteiger partial charge is 0.322 e. The number of nitrogens with zero attached hydrogens (tertiary/aromatic N) is 4. The average molecular weight is 361 g/mol. The number of anilines is 1. The van der Waals surface area contributed by atoms with Gasteiger partial charge in [-0.3, -0.25) is 9.20 Å². The zero-order valence-electron chi connectivity index (χ0n) is 12.7. The van der Waals surface area contributed by atoms with Crippen molar-refractivity contribution in [2.24, 2.45) is 0 Å². The van der Waals surface area contributed by atoms with Gasteiger partial charge in [-0.15, -0.1) is 22.7 Å². The molecule has 0 aromatic carbocycles. The monoisotopic (exact) mass is 361 g/mol. The third kappa shape index (κ3) is 2.69. The Labute approximate surface area is 145 Å². The summed E-state index contributed by atoms with van der Waals surface area (Å²) < 4.78 is 1.44. The van der Waals surface area contributed by atoms with Crippen LogP contribution in [-0.2, 0) is 0 Å². The third-order valence-corrected chi connectivity index (χ3v) is 5.73. The first-order chi connectivity index (χ1) is 11.7. The molecule has 1 N–H and O–H groups in total. The Morgan fingerprint density at radius 3 is 3.00 bits per heavy atom. The van der Waals surface area contributed by atoms with Gasteiger partial charge in [-0.1, -0.05) is 0 Å². The summed E-state index contributed by atoms with van der Waals surface area (Å²) in [5, 5.41) is 7.37. The summed E-state index contributed by atoms with van der Waals surface area (Å²) >= 11 is 2.93. The van der Waals surface area contributed by atoms with Crippen molar-refractivity contribution in [1.82, 2.24) is 19.3 Å². The number of urea groups is 1. The molecule has 2 amide bonds. The summed E-state index contributed by atoms with van der Waals surface area (Å²) in [6.07, 6.45) is 7.75. The summed E-state index contributed by atoms with van der Waals surface area (Å²) in [6.45, 7) is 0.658. The predicted octanol–water partition coefficient (Wildman–Crippen LogP) is 2.97. The molecule has 124 valence electrons. The van der Waals surface area contributed by atoms with Crippen molar-refractivity contribution in [2.75, 3.05) is 11.9 Å². The van der Waals surface area contributed by atoms with Crippen LogP contribution in [0.1, 0.15) is 30.3 Å². The van der Waals surface area contributed by atoms with E-state index in [4.69, 9.17) is 0 Å². The van der Waals surface area contributed by atoms with E-state index in [2.05, 4.69) is 15.3 Å². The first kappa shape index (κ1) is 15.3. The van der Waals surface area contributed by atoms with Gasteiger partial charge in [0.05, 0.1) is 12.2 Å². The second kappa shape index (κ2) is 6.33. The van der Waals surface area contributed by atoms with Crippen molar-refractivity contribution >= 4 is 39.4 Å². The van der Waals surface area contributed by atoms with Gasteiger partial charge in [-0.05, 0) is 19.3 Å². The van der Waals surface area contributed by atoms with Gasteiger partial charge in [0, 0.05) is 29.7 Å². The van der Waals surface area contributed by atoms with E-state index in [9.17, 15) is 9.59 Å². The first-order valence-corrected chi connectivity index (χ1v) is 9.42. The molecule has 1 saturated heterocycles. The van der Waals surface area contributed by atoms with Crippen molar-refractivity contribution in [1.29, 1.82) is 0 Å². The van der Waals surface area contributed by atoms with Crippen LogP contribution in [0.4, 0.5) is 10.5 Å². The molecule has 1 aliphatic heterocycles. The molecular weight excluding hydrogens is 346 g/mol. The molecule has 7 nitrogen and oxygen atoms in total. The van der Waals surface area contributed by atoms with E-state index < -0.39 is 0 Å². The van der Waals surface area contributed by atoms with Crippen molar-refractivity contribution in [3.63, 3.8) is 0 Å². The summed E-state index contributed by atoms with van der Waals surface area (Å²) in [7, 11) is 0. The first-order valence-electron chi connectivity index (χ1n) is 7.66. The molecule has 3 aromatic rings. The van der Waals surface area contributed by atoms with Crippen LogP contribution in [-0.4, -0.2) is 31.8 Å². The number of rotatable bonds is 2. The van der Waals surface area contributed by atoms with E-state index in [1.165, 1.54) is 21.9 Å². The molecule has 0 bridgehead atoms. The Bertz CT molecular complexity index is 917. The molecule has 0 aliphatic carbocycles. The fourth-order valence-electron chi connectivity index (χ4n) is 2.93. The minimum absolute atomic E-state index is 0.0284. The SMILES string of the molecule is O=C(Nc1cnc2sccn2c1=O)N1CCCC[C@H]1c1nccs1. The van der Waals surface area contributed by atoms with Crippen LogP contribution in [0.25, 0.3) is 4.96 Å². The van der Waals surface area contributed by atoms with E-state index in [0.29, 0.717) is 11.5 Å². The quantitative estimate of drug-likeness (QED) is 0.761. The van der Waals surface area contributed by atoms with Crippen LogP contribution < -0.4 is 10.9 Å². The van der Waals surface area contributed by atoms with Crippen molar-refractivity contribution < 1.29 is 4.79 Å². The lowest BCUT2D eigenvalue weighted by Gasteiger charge is -2.34. The molecule has 9 heteroatoms. The van der Waals surface area contributed by atoms with Crippen LogP contribution in [0.3, 0.4) is 0 Å². The Morgan fingerprint density at radius 1 is 1.25 bits per heavy atom. The fraction of sp³-hybridized carbons (Fsp3) is 0.333. The lowest BCUT2D eigenvalue weighted by atomic mass is 10.0. The summed E-state index contributed by atoms with van der Waals surface area (Å²) in [5.74, 6) is 0. The second-order valence-corrected chi connectivity index (χ2v) is 7.34. The lowest BCUT2D eigenvalue weighted by molar-refractivity contribution is 0.163. The smallest absolute Gasteiger partial charge is 0.315 e. The van der Waals surface area contributed by atoms with E-state index in [0.717, 1.165) is 24.3 Å². The molecule has 1 atom stereocenters. The molecule has 1 aliphatic rings. The molecule has 0 unspecified atom stereocenters. The number of aromatic nitrogens is 3. The van der Waals surface area contributed by atoms with Crippen LogP contribution in [0.15, 0.2) is 34.1 Å². The summed E-state index contributed by atoms with van der Waals surface area (Å²) in [5.41, 5.74) is -0.0724. The fourth-order valence-corrected chi connectivity index (χ4v) is 4.39. The number of fused-ring (bicyclic) bond motifs is 1. The molecule has 4 heterocycles. The third-order valence-electron chi connectivity index (χ3n) is 4.08. The van der Waals surface area contributed by atoms with Crippen molar-refractivity contribution in [3.05, 3.63) is 44.7 Å². The maximum absolute atomic E-state index is 12.7. The molecule has 0 radical (unpaired) electrons. The number of hydrogen-bond donors (Lipinski definition) is 1. The Balaban J connectivity index is 1.59. The highest BCUT2D eigenvalue weighted by molar-refractivity contribution is 7.15. The molecular formula is C15H15N5O2S2. The van der Waals surface area contributed by atoms with Crippen LogP contribution in [0.5, 0.6) is 0 Å². The summed E-state index contributed by atoms with van der Waals surface area (Å²) in [6, 6.07) is -0.302. The number of hydrogen-bond acceptors (Lipinski definition) is 6. The van der Waals surface area contributed by atoms with Crippen molar-refractivity contribution in [3.8, 4) is 0 Å². The van der Waals surface area contributed by atoms with Gasteiger partial charge in [0.15, 0.2) is 4.96 Å². The number of thiazole rings is 2. The number of carbonyl (C=O) groups excluding carboxylic acids is 1. The maximum atomic E-state index is 12.7. The topological polar surface area (TPSA) is 79.6 Å². The Kier molecular flexibility index (Phi) is 4.03. The van der Waals surface area contributed by atoms with Gasteiger partial charge in [-0.2, -0.15) is 0 Å². The number of likely N-dealkylation sites (tertiary alicyclic amines) is 1. The number of carbonyl (C=O) groups is 1. The van der Waals surface area contributed by atoms with Gasteiger partial charge in [0.25, 0.3) is 5.56 Å². The Hall–Kier alpha value is -2.26. The molecule has 0 spiro atoms. The molecule has 24 heavy (non-hydrogen) atoms. The molecule has 1 fully saturated rings. The van der Waals surface area contributed by atoms with Gasteiger partial charge in [0.1, 0.15) is 10.7 Å². The van der Waals surface area contributed by atoms with Crippen molar-refractivity contribution in [2.45, 2.75) is 25.3 Å². The van der Waals surface area contributed by atoms with Gasteiger partial charge >= 0.3 is 6.03 Å². The zero-order valence-corrected chi connectivity index (χ0v) is 14.3. The van der Waals surface area contributed by atoms with Gasteiger partial charge < -0.3 is 10.2 Å². The number of nitrogens with one attached hydrogen (secondary N) is 1. The average Bonchev–Trinajstić information content (AvgIpc) is 3.29. The minimum atomic E-state index is -0.274. The van der Waals surface area contributed by atoms with Crippen LogP contribution in [0.2, 0.25) is 0 Å². The minimum Gasteiger partial charge on any atom is -0.315 e. The van der Waals surface area contributed by atoms with Crippen LogP contribution >= 0.6 is 22.7 Å². The predicted molar refractivity (Wildman–Crippen MR) is 93.8 cm³/mol. The summed E-state index contributed by atoms with van der Waals surface area (Å²) in [4.78, 5) is 36.1. The van der Waals surface area contributed by atoms with E-state index >= 15 is 0 Å². The number of amides is 2. The van der Waals surface area contributed by atoms with Gasteiger partial charge in [-0.25, -0.2) is 14.8 Å². The molecule has 4 rings (SSSR count). The van der Waals surface area contributed by atoms with Gasteiger partial charge in [0.2, 0.25) is 0 Å². The second-order valence-electron chi connectivity index (χ2n) is 5.54. The van der Waals surface area contributed by atoms with E-state index in [1.54, 1.807) is 34.0 Å². The highest BCUT2D eigenvalue weighted by Gasteiger charge is 2.30. The van der Waals surface area contributed by atoms with Crippen LogP contribution in [0, 0.1) is 0 Å².